The lowest BCUT2D eigenvalue weighted by Gasteiger charge is -2.16. The molecule has 1 aliphatic carbocycles. The second-order valence-electron chi connectivity index (χ2n) is 5.51. The van der Waals surface area contributed by atoms with Gasteiger partial charge in [0.1, 0.15) is 17.2 Å². The highest BCUT2D eigenvalue weighted by atomic mass is 79.9. The largest absolute Gasteiger partial charge is 0.477 e. The normalized spacial score (nSPS) is 14.6. The van der Waals surface area contributed by atoms with Gasteiger partial charge in [-0.2, -0.15) is 0 Å². The van der Waals surface area contributed by atoms with E-state index in [9.17, 15) is 23.5 Å². The Morgan fingerprint density at radius 1 is 1.24 bits per heavy atom. The zero-order valence-corrected chi connectivity index (χ0v) is 14.5. The summed E-state index contributed by atoms with van der Waals surface area (Å²) in [5.41, 5.74) is -1.02. The number of aromatic carboxylic acids is 1. The quantitative estimate of drug-likeness (QED) is 0.828. The minimum Gasteiger partial charge on any atom is -0.477 e. The van der Waals surface area contributed by atoms with Gasteiger partial charge in [-0.05, 0) is 36.8 Å². The summed E-state index contributed by atoms with van der Waals surface area (Å²) in [5.74, 6) is -2.69. The summed E-state index contributed by atoms with van der Waals surface area (Å²) in [4.78, 5) is 23.7. The number of nitrogens with zero attached hydrogens (tertiary/aromatic N) is 2. The van der Waals surface area contributed by atoms with Crippen LogP contribution in [0, 0.1) is 0 Å². The summed E-state index contributed by atoms with van der Waals surface area (Å²) < 4.78 is 31.1. The van der Waals surface area contributed by atoms with Crippen LogP contribution in [0.5, 0.6) is 0 Å². The first-order valence-corrected chi connectivity index (χ1v) is 8.23. The number of carboxylic acids is 1. The topological polar surface area (TPSA) is 64.2 Å². The summed E-state index contributed by atoms with van der Waals surface area (Å²) in [6.07, 6.45) is 2.72. The highest BCUT2D eigenvalue weighted by molar-refractivity contribution is 9.10. The van der Waals surface area contributed by atoms with Crippen molar-refractivity contribution in [2.24, 2.45) is 0 Å². The molecule has 1 aliphatic rings. The van der Waals surface area contributed by atoms with Gasteiger partial charge >= 0.3 is 5.97 Å². The van der Waals surface area contributed by atoms with Gasteiger partial charge in [-0.15, -0.1) is 0 Å². The molecule has 8 heteroatoms. The van der Waals surface area contributed by atoms with E-state index in [4.69, 9.17) is 0 Å². The summed E-state index contributed by atoms with van der Waals surface area (Å²) in [6.45, 7) is -0.285. The van der Waals surface area contributed by atoms with Crippen molar-refractivity contribution in [1.82, 2.24) is 9.36 Å². The van der Waals surface area contributed by atoms with E-state index < -0.39 is 28.7 Å². The van der Waals surface area contributed by atoms with Crippen molar-refractivity contribution >= 4 is 21.9 Å². The molecule has 0 atom stereocenters. The predicted molar refractivity (Wildman–Crippen MR) is 91.2 cm³/mol. The van der Waals surface area contributed by atoms with Crippen LogP contribution in [0.4, 0.5) is 8.78 Å². The first-order chi connectivity index (χ1) is 11.9. The number of halogens is 3. The smallest absolute Gasteiger partial charge is 0.342 e. The maximum absolute atomic E-state index is 14.0. The van der Waals surface area contributed by atoms with Crippen LogP contribution in [-0.2, 0) is 6.54 Å². The second-order valence-corrected chi connectivity index (χ2v) is 6.43. The molecule has 0 aliphatic heterocycles. The third-order valence-electron chi connectivity index (χ3n) is 3.88. The monoisotopic (exact) mass is 410 g/mol. The van der Waals surface area contributed by atoms with Crippen LogP contribution in [0.3, 0.4) is 0 Å². The van der Waals surface area contributed by atoms with Gasteiger partial charge in [0, 0.05) is 22.7 Å². The first kappa shape index (κ1) is 17.3. The van der Waals surface area contributed by atoms with Crippen LogP contribution in [0.15, 0.2) is 63.0 Å². The van der Waals surface area contributed by atoms with Gasteiger partial charge in [-0.25, -0.2) is 18.3 Å². The molecule has 3 rings (SSSR count). The Labute approximate surface area is 149 Å². The van der Waals surface area contributed by atoms with Gasteiger partial charge in [0.05, 0.1) is 12.2 Å². The van der Waals surface area contributed by atoms with Crippen LogP contribution in [-0.4, -0.2) is 20.4 Å². The molecule has 0 radical (unpaired) electrons. The number of carboxylic acid groups (broad SMARTS) is 1. The molecule has 0 unspecified atom stereocenters. The van der Waals surface area contributed by atoms with E-state index in [1.807, 2.05) is 0 Å². The molecule has 0 fully saturated rings. The van der Waals surface area contributed by atoms with Crippen molar-refractivity contribution in [3.63, 3.8) is 0 Å². The number of hydrogen-bond donors (Lipinski definition) is 1. The maximum atomic E-state index is 14.0. The summed E-state index contributed by atoms with van der Waals surface area (Å²) in [5, 5.41) is 9.20. The van der Waals surface area contributed by atoms with Gasteiger partial charge in [0.25, 0.3) is 5.56 Å². The summed E-state index contributed by atoms with van der Waals surface area (Å²) in [7, 11) is 0. The van der Waals surface area contributed by atoms with Crippen LogP contribution in [0.25, 0.3) is 5.69 Å². The summed E-state index contributed by atoms with van der Waals surface area (Å²) in [6, 6.07) is 6.57. The average Bonchev–Trinajstić information content (AvgIpc) is 2.89. The highest BCUT2D eigenvalue weighted by Gasteiger charge is 2.22. The Hall–Kier alpha value is -2.48. The van der Waals surface area contributed by atoms with Gasteiger partial charge in [-0.1, -0.05) is 15.9 Å². The van der Waals surface area contributed by atoms with Crippen LogP contribution < -0.4 is 5.56 Å². The minimum atomic E-state index is -1.40. The fourth-order valence-corrected chi connectivity index (χ4v) is 2.92. The van der Waals surface area contributed by atoms with Gasteiger partial charge in [0.2, 0.25) is 0 Å². The average molecular weight is 411 g/mol. The molecule has 0 bridgehead atoms. The van der Waals surface area contributed by atoms with E-state index in [2.05, 4.69) is 15.9 Å². The number of rotatable bonds is 4. The summed E-state index contributed by atoms with van der Waals surface area (Å²) >= 11 is 3.28. The van der Waals surface area contributed by atoms with Gasteiger partial charge in [-0.3, -0.25) is 9.48 Å². The molecule has 1 heterocycles. The van der Waals surface area contributed by atoms with Crippen molar-refractivity contribution in [1.29, 1.82) is 0 Å². The molecular formula is C17H13BrF2N2O3. The zero-order valence-electron chi connectivity index (χ0n) is 12.9. The van der Waals surface area contributed by atoms with E-state index in [0.717, 1.165) is 15.4 Å². The molecule has 2 aromatic rings. The van der Waals surface area contributed by atoms with Crippen LogP contribution in [0.1, 0.15) is 23.2 Å². The lowest BCUT2D eigenvalue weighted by Crippen LogP contribution is -2.24. The Kier molecular flexibility index (Phi) is 4.71. The van der Waals surface area contributed by atoms with Crippen molar-refractivity contribution < 1.29 is 18.7 Å². The third-order valence-corrected chi connectivity index (χ3v) is 4.41. The molecule has 1 aromatic heterocycles. The molecule has 5 nitrogen and oxygen atoms in total. The number of aromatic nitrogens is 2. The molecule has 0 amide bonds. The van der Waals surface area contributed by atoms with E-state index in [1.54, 1.807) is 24.3 Å². The minimum absolute atomic E-state index is 0.0817. The van der Waals surface area contributed by atoms with E-state index in [0.29, 0.717) is 5.69 Å². The Balaban J connectivity index is 2.14. The van der Waals surface area contributed by atoms with E-state index in [1.165, 1.54) is 10.8 Å². The number of benzene rings is 1. The Morgan fingerprint density at radius 3 is 2.52 bits per heavy atom. The van der Waals surface area contributed by atoms with Crippen molar-refractivity contribution in [3.8, 4) is 5.69 Å². The van der Waals surface area contributed by atoms with E-state index in [-0.39, 0.29) is 25.0 Å². The molecule has 1 N–H and O–H groups in total. The zero-order chi connectivity index (χ0) is 18.1. The molecular weight excluding hydrogens is 398 g/mol. The fraction of sp³-hybridized carbons (Fsp3) is 0.176. The molecule has 0 spiro atoms. The second kappa shape index (κ2) is 6.79. The lowest BCUT2D eigenvalue weighted by molar-refractivity contribution is 0.0695. The molecule has 130 valence electrons. The van der Waals surface area contributed by atoms with E-state index >= 15 is 0 Å². The molecule has 0 saturated heterocycles. The Bertz CT molecular complexity index is 955. The molecule has 0 saturated carbocycles. The van der Waals surface area contributed by atoms with Crippen molar-refractivity contribution in [2.75, 3.05) is 0 Å². The molecule has 1 aromatic carbocycles. The van der Waals surface area contributed by atoms with Gasteiger partial charge < -0.3 is 5.11 Å². The lowest BCUT2D eigenvalue weighted by atomic mass is 10.0. The van der Waals surface area contributed by atoms with Gasteiger partial charge in [0.15, 0.2) is 0 Å². The SMILES string of the molecule is O=C(O)c1cn(CC2=C(F)CCC=C2F)n(-c2ccc(Br)cc2)c1=O. The third kappa shape index (κ3) is 3.34. The Morgan fingerprint density at radius 2 is 1.92 bits per heavy atom. The van der Waals surface area contributed by atoms with Crippen LogP contribution in [0.2, 0.25) is 0 Å². The first-order valence-electron chi connectivity index (χ1n) is 7.43. The van der Waals surface area contributed by atoms with Crippen molar-refractivity contribution in [2.45, 2.75) is 19.4 Å². The molecule has 25 heavy (non-hydrogen) atoms. The van der Waals surface area contributed by atoms with Crippen LogP contribution >= 0.6 is 15.9 Å². The number of allylic oxidation sites excluding steroid dienone is 4. The maximum Gasteiger partial charge on any atom is 0.342 e. The van der Waals surface area contributed by atoms with Crippen molar-refractivity contribution in [3.05, 3.63) is 74.2 Å². The predicted octanol–water partition coefficient (Wildman–Crippen LogP) is 3.97. The number of carbonyl (C=O) groups is 1. The standard InChI is InChI=1S/C17H13BrF2N2O3/c18-10-4-6-11(7-5-10)22-16(23)13(17(24)25)9-21(22)8-12-14(19)2-1-3-15(12)20/h2,4-7,9H,1,3,8H2,(H,24,25). The fourth-order valence-electron chi connectivity index (χ4n) is 2.66. The number of hydrogen-bond acceptors (Lipinski definition) is 2. The highest BCUT2D eigenvalue weighted by Crippen LogP contribution is 2.28.